The molecule has 0 N–H and O–H groups in total. The summed E-state index contributed by atoms with van der Waals surface area (Å²) in [7, 11) is 0. The van der Waals surface area contributed by atoms with Crippen molar-refractivity contribution in [3.63, 3.8) is 0 Å². The predicted molar refractivity (Wildman–Crippen MR) is 128 cm³/mol. The zero-order valence-corrected chi connectivity index (χ0v) is 21.7. The molecule has 0 atom stereocenters. The molecule has 220 valence electrons. The highest BCUT2D eigenvalue weighted by Gasteiger charge is 2.48. The van der Waals surface area contributed by atoms with E-state index in [1.807, 2.05) is 0 Å². The Morgan fingerprint density at radius 3 is 0.957 bits per heavy atom. The number of fused-ring (bicyclic) bond motifs is 3. The van der Waals surface area contributed by atoms with Gasteiger partial charge in [0, 0.05) is 17.0 Å². The van der Waals surface area contributed by atoms with Crippen molar-refractivity contribution < 1.29 is 35.1 Å². The van der Waals surface area contributed by atoms with E-state index in [1.54, 1.807) is 0 Å². The molecule has 10 nitrogen and oxygen atoms in total. The number of benzene rings is 2. The first-order valence-corrected chi connectivity index (χ1v) is 11.9. The second-order valence-electron chi connectivity index (χ2n) is 9.02. The molecule has 0 amide bonds. The van der Waals surface area contributed by atoms with Crippen LogP contribution in [0.5, 0.6) is 0 Å². The van der Waals surface area contributed by atoms with Crippen LogP contribution in [0.2, 0.25) is 0 Å². The standard InChI is InChI=1S/C28H2F8N10/c29-17-7(1-37)18(30)22(34)14(21(17)33)13(15-23(35)19(31)8(2-38)20(32)24(15)36)16-25-27(45-11(5-41)9(3-39)43-25)28-26(16)44-10(4-40)12(6-42)46-28/h13,16H. The van der Waals surface area contributed by atoms with Gasteiger partial charge in [0.25, 0.3) is 0 Å². The smallest absolute Gasteiger partial charge is 0.180 e. The molecular weight excluding hydrogens is 628 g/mol. The average molecular weight is 630 g/mol. The molecule has 18 heteroatoms. The van der Waals surface area contributed by atoms with Crippen molar-refractivity contribution in [2.45, 2.75) is 11.8 Å². The van der Waals surface area contributed by atoms with Crippen LogP contribution in [-0.4, -0.2) is 19.9 Å². The molecular formula is C28H2F8N10. The Morgan fingerprint density at radius 1 is 0.413 bits per heavy atom. The van der Waals surface area contributed by atoms with Crippen LogP contribution in [0.1, 0.15) is 68.3 Å². The Morgan fingerprint density at radius 2 is 0.696 bits per heavy atom. The zero-order valence-electron chi connectivity index (χ0n) is 21.7. The third-order valence-electron chi connectivity index (χ3n) is 6.86. The van der Waals surface area contributed by atoms with E-state index < -0.39 is 126 Å². The first kappa shape index (κ1) is 30.4. The lowest BCUT2D eigenvalue weighted by molar-refractivity contribution is 0.399. The SMILES string of the molecule is N#Cc1nc2c(nc1C#N)C(C(c1c(F)c(F)c(C#N)c(F)c1F)c1c(F)c(F)c(C#N)c(F)c1F)c1nc(C#N)c(C#N)nc1-2. The van der Waals surface area contributed by atoms with Gasteiger partial charge in [-0.1, -0.05) is 0 Å². The highest BCUT2D eigenvalue weighted by atomic mass is 19.2. The van der Waals surface area contributed by atoms with E-state index in [2.05, 4.69) is 19.9 Å². The molecule has 0 aliphatic heterocycles. The fourth-order valence-corrected chi connectivity index (χ4v) is 4.95. The third kappa shape index (κ3) is 4.03. The Labute approximate surface area is 249 Å². The lowest BCUT2D eigenvalue weighted by Crippen LogP contribution is -2.24. The monoisotopic (exact) mass is 630 g/mol. The Kier molecular flexibility index (Phi) is 7.22. The van der Waals surface area contributed by atoms with Gasteiger partial charge in [-0.15, -0.1) is 0 Å². The average Bonchev–Trinajstić information content (AvgIpc) is 3.36. The number of hydrogen-bond acceptors (Lipinski definition) is 10. The van der Waals surface area contributed by atoms with E-state index in [4.69, 9.17) is 10.5 Å². The Bertz CT molecular complexity index is 2130. The minimum absolute atomic E-state index is 0.653. The highest BCUT2D eigenvalue weighted by molar-refractivity contribution is 5.73. The van der Waals surface area contributed by atoms with Gasteiger partial charge in [-0.2, -0.15) is 31.6 Å². The summed E-state index contributed by atoms with van der Waals surface area (Å²) in [5, 5.41) is 56.1. The fourth-order valence-electron chi connectivity index (χ4n) is 4.95. The topological polar surface area (TPSA) is 194 Å². The second-order valence-corrected chi connectivity index (χ2v) is 9.02. The molecule has 0 saturated carbocycles. The van der Waals surface area contributed by atoms with Gasteiger partial charge >= 0.3 is 0 Å². The van der Waals surface area contributed by atoms with Crippen molar-refractivity contribution in [1.82, 2.24) is 19.9 Å². The molecule has 0 spiro atoms. The molecule has 4 aromatic rings. The molecule has 2 aromatic heterocycles. The maximum Gasteiger partial charge on any atom is 0.180 e. The second kappa shape index (κ2) is 10.9. The molecule has 46 heavy (non-hydrogen) atoms. The van der Waals surface area contributed by atoms with Crippen LogP contribution in [0.25, 0.3) is 11.4 Å². The van der Waals surface area contributed by atoms with Crippen LogP contribution < -0.4 is 0 Å². The first-order chi connectivity index (χ1) is 21.9. The van der Waals surface area contributed by atoms with Gasteiger partial charge in [0.15, 0.2) is 69.3 Å². The van der Waals surface area contributed by atoms with Gasteiger partial charge in [-0.3, -0.25) is 0 Å². The summed E-state index contributed by atoms with van der Waals surface area (Å²) >= 11 is 0. The van der Waals surface area contributed by atoms with E-state index in [1.165, 1.54) is 24.3 Å². The summed E-state index contributed by atoms with van der Waals surface area (Å²) in [5.74, 6) is -25.0. The normalized spacial score (nSPS) is 11.5. The van der Waals surface area contributed by atoms with Crippen molar-refractivity contribution in [2.24, 2.45) is 0 Å². The fraction of sp³-hybridized carbons (Fsp3) is 0.0714. The van der Waals surface area contributed by atoms with Gasteiger partial charge in [0.1, 0.15) is 58.9 Å². The predicted octanol–water partition coefficient (Wildman–Crippen LogP) is 4.55. The van der Waals surface area contributed by atoms with Crippen LogP contribution in [0.3, 0.4) is 0 Å². The minimum atomic E-state index is -3.03. The minimum Gasteiger partial charge on any atom is -0.236 e. The van der Waals surface area contributed by atoms with Crippen molar-refractivity contribution in [1.29, 1.82) is 31.6 Å². The van der Waals surface area contributed by atoms with Crippen LogP contribution in [0, 0.1) is 115 Å². The van der Waals surface area contributed by atoms with Gasteiger partial charge < -0.3 is 0 Å². The lowest BCUT2D eigenvalue weighted by Gasteiger charge is -2.27. The highest BCUT2D eigenvalue weighted by Crippen LogP contribution is 2.53. The maximum atomic E-state index is 15.7. The summed E-state index contributed by atoms with van der Waals surface area (Å²) in [6.45, 7) is 0. The molecule has 1 aliphatic rings. The van der Waals surface area contributed by atoms with E-state index in [-0.39, 0.29) is 0 Å². The molecule has 0 fully saturated rings. The van der Waals surface area contributed by atoms with Gasteiger partial charge in [0.2, 0.25) is 0 Å². The van der Waals surface area contributed by atoms with Crippen LogP contribution in [0.4, 0.5) is 35.1 Å². The van der Waals surface area contributed by atoms with E-state index >= 15 is 17.6 Å². The summed E-state index contributed by atoms with van der Waals surface area (Å²) in [4.78, 5) is 15.4. The molecule has 0 saturated heterocycles. The zero-order chi connectivity index (χ0) is 33.8. The molecule has 0 unspecified atom stereocenters. The number of hydrogen-bond donors (Lipinski definition) is 0. The molecule has 0 radical (unpaired) electrons. The molecule has 5 rings (SSSR count). The number of nitrogens with zero attached hydrogens (tertiary/aromatic N) is 10. The van der Waals surface area contributed by atoms with Crippen LogP contribution >= 0.6 is 0 Å². The maximum absolute atomic E-state index is 15.7. The summed E-state index contributed by atoms with van der Waals surface area (Å²) in [5.41, 5.74) is -13.7. The summed E-state index contributed by atoms with van der Waals surface area (Å²) in [6, 6.07) is 7.59. The molecule has 1 aliphatic carbocycles. The molecule has 2 aromatic carbocycles. The number of aromatic nitrogens is 4. The third-order valence-corrected chi connectivity index (χ3v) is 6.86. The van der Waals surface area contributed by atoms with Crippen molar-refractivity contribution >= 4 is 0 Å². The Hall–Kier alpha value is -7.02. The Balaban J connectivity index is 2.07. The van der Waals surface area contributed by atoms with E-state index in [0.717, 1.165) is 12.1 Å². The van der Waals surface area contributed by atoms with Crippen LogP contribution in [-0.2, 0) is 0 Å². The number of halogens is 8. The van der Waals surface area contributed by atoms with Gasteiger partial charge in [0.05, 0.1) is 17.3 Å². The largest absolute Gasteiger partial charge is 0.236 e. The lowest BCUT2D eigenvalue weighted by atomic mass is 9.77. The summed E-state index contributed by atoms with van der Waals surface area (Å²) < 4.78 is 123. The van der Waals surface area contributed by atoms with E-state index in [9.17, 15) is 38.6 Å². The molecule has 0 bridgehead atoms. The summed E-state index contributed by atoms with van der Waals surface area (Å²) in [6.07, 6.45) is 0. The van der Waals surface area contributed by atoms with E-state index in [0.29, 0.717) is 0 Å². The number of rotatable bonds is 3. The van der Waals surface area contributed by atoms with Crippen molar-refractivity contribution in [2.75, 3.05) is 0 Å². The van der Waals surface area contributed by atoms with Crippen molar-refractivity contribution in [3.8, 4) is 47.8 Å². The van der Waals surface area contributed by atoms with Crippen LogP contribution in [0.15, 0.2) is 0 Å². The van der Waals surface area contributed by atoms with Gasteiger partial charge in [-0.25, -0.2) is 55.1 Å². The van der Waals surface area contributed by atoms with Gasteiger partial charge in [-0.05, 0) is 0 Å². The van der Waals surface area contributed by atoms with Crippen molar-refractivity contribution in [3.05, 3.63) is 103 Å². The molecule has 2 heterocycles. The number of nitriles is 6. The quantitative estimate of drug-likeness (QED) is 0.229. The first-order valence-electron chi connectivity index (χ1n) is 11.9.